The largest absolute Gasteiger partial charge is 0.497 e. The molecule has 2 aliphatic rings. The van der Waals surface area contributed by atoms with Crippen LogP contribution in [0.1, 0.15) is 37.0 Å². The summed E-state index contributed by atoms with van der Waals surface area (Å²) in [7, 11) is 3.12. The number of benzene rings is 1. The van der Waals surface area contributed by atoms with Crippen LogP contribution >= 0.6 is 0 Å². The number of ether oxygens (including phenoxy) is 3. The Bertz CT molecular complexity index is 692. The van der Waals surface area contributed by atoms with Crippen molar-refractivity contribution in [1.29, 1.82) is 0 Å². The molecule has 1 aromatic rings. The quantitative estimate of drug-likeness (QED) is 0.820. The van der Waals surface area contributed by atoms with E-state index in [0.717, 1.165) is 6.42 Å². The van der Waals surface area contributed by atoms with Crippen molar-refractivity contribution in [1.82, 2.24) is 10.2 Å². The lowest BCUT2D eigenvalue weighted by molar-refractivity contribution is -0.124. The Balaban J connectivity index is 1.59. The van der Waals surface area contributed by atoms with E-state index in [2.05, 4.69) is 5.32 Å². The molecule has 27 heavy (non-hydrogen) atoms. The number of nitrogens with zero attached hydrogens (tertiary/aromatic N) is 1. The normalized spacial score (nSPS) is 24.0. The van der Waals surface area contributed by atoms with Gasteiger partial charge in [-0.15, -0.1) is 0 Å². The molecule has 0 radical (unpaired) electrons. The number of hydrogen-bond acceptors (Lipinski definition) is 5. The first-order valence-corrected chi connectivity index (χ1v) is 9.37. The molecule has 2 aliphatic heterocycles. The smallest absolute Gasteiger partial charge is 0.257 e. The Kier molecular flexibility index (Phi) is 5.89. The number of hydrogen-bond donors (Lipinski definition) is 1. The molecule has 1 N–H and O–H groups in total. The van der Waals surface area contributed by atoms with Crippen molar-refractivity contribution in [2.24, 2.45) is 5.92 Å². The molecule has 0 aromatic heterocycles. The fourth-order valence-corrected chi connectivity index (χ4v) is 3.89. The standard InChI is InChI=1S/C20H28N2O5/c1-12(2)21-19(23)9-15-7-13-10-22(11-18(13)27-15)20(24)16-6-5-14(25-3)8-17(16)26-4/h5-6,8,12-13,15,18H,7,9-11H2,1-4H3,(H,21,23)/t13-,15+,18+/m0/s1. The first-order valence-electron chi connectivity index (χ1n) is 9.37. The predicted octanol–water partition coefficient (Wildman–Crippen LogP) is 1.85. The van der Waals surface area contributed by atoms with E-state index < -0.39 is 0 Å². The molecule has 2 heterocycles. The van der Waals surface area contributed by atoms with E-state index in [9.17, 15) is 9.59 Å². The summed E-state index contributed by atoms with van der Waals surface area (Å²) in [5.41, 5.74) is 0.520. The Hall–Kier alpha value is -2.28. The van der Waals surface area contributed by atoms with Gasteiger partial charge in [-0.25, -0.2) is 0 Å². The zero-order valence-electron chi connectivity index (χ0n) is 16.4. The lowest BCUT2D eigenvalue weighted by atomic mass is 10.0. The van der Waals surface area contributed by atoms with Crippen LogP contribution in [-0.2, 0) is 9.53 Å². The second-order valence-corrected chi connectivity index (χ2v) is 7.50. The molecule has 2 saturated heterocycles. The highest BCUT2D eigenvalue weighted by Gasteiger charge is 2.44. The van der Waals surface area contributed by atoms with Crippen molar-refractivity contribution in [3.63, 3.8) is 0 Å². The predicted molar refractivity (Wildman–Crippen MR) is 100 cm³/mol. The van der Waals surface area contributed by atoms with Crippen molar-refractivity contribution in [2.75, 3.05) is 27.3 Å². The molecule has 0 unspecified atom stereocenters. The molecule has 0 saturated carbocycles. The van der Waals surface area contributed by atoms with Crippen molar-refractivity contribution < 1.29 is 23.8 Å². The Labute approximate surface area is 160 Å². The van der Waals surface area contributed by atoms with E-state index in [1.54, 1.807) is 32.4 Å². The van der Waals surface area contributed by atoms with Gasteiger partial charge >= 0.3 is 0 Å². The molecule has 2 fully saturated rings. The maximum Gasteiger partial charge on any atom is 0.257 e. The first kappa shape index (κ1) is 19.5. The SMILES string of the molecule is COc1ccc(C(=O)N2C[C@@H]3C[C@H](CC(=O)NC(C)C)O[C@@H]3C2)c(OC)c1. The minimum Gasteiger partial charge on any atom is -0.497 e. The zero-order valence-corrected chi connectivity index (χ0v) is 16.4. The van der Waals surface area contributed by atoms with E-state index in [1.165, 1.54) is 0 Å². The summed E-state index contributed by atoms with van der Waals surface area (Å²) in [4.78, 5) is 26.7. The average Bonchev–Trinajstić information content (AvgIpc) is 3.18. The van der Waals surface area contributed by atoms with Gasteiger partial charge in [-0.1, -0.05) is 0 Å². The molecule has 7 nitrogen and oxygen atoms in total. The molecule has 7 heteroatoms. The van der Waals surface area contributed by atoms with Gasteiger partial charge in [0.1, 0.15) is 11.5 Å². The number of likely N-dealkylation sites (tertiary alicyclic amines) is 1. The fourth-order valence-electron chi connectivity index (χ4n) is 3.89. The Morgan fingerprint density at radius 1 is 1.26 bits per heavy atom. The van der Waals surface area contributed by atoms with Crippen molar-refractivity contribution in [3.8, 4) is 11.5 Å². The van der Waals surface area contributed by atoms with Gasteiger partial charge in [0, 0.05) is 31.1 Å². The summed E-state index contributed by atoms with van der Waals surface area (Å²) in [6.45, 7) is 5.07. The summed E-state index contributed by atoms with van der Waals surface area (Å²) in [5, 5.41) is 2.90. The van der Waals surface area contributed by atoms with Crippen LogP contribution in [0, 0.1) is 5.92 Å². The highest BCUT2D eigenvalue weighted by Crippen LogP contribution is 2.36. The molecule has 3 rings (SSSR count). The van der Waals surface area contributed by atoms with Crippen LogP contribution in [0.25, 0.3) is 0 Å². The zero-order chi connectivity index (χ0) is 19.6. The van der Waals surface area contributed by atoms with Gasteiger partial charge < -0.3 is 24.4 Å². The van der Waals surface area contributed by atoms with Gasteiger partial charge in [0.05, 0.1) is 38.4 Å². The maximum atomic E-state index is 12.9. The van der Waals surface area contributed by atoms with Crippen LogP contribution in [0.3, 0.4) is 0 Å². The lowest BCUT2D eigenvalue weighted by Crippen LogP contribution is -2.34. The second-order valence-electron chi connectivity index (χ2n) is 7.50. The molecule has 0 aliphatic carbocycles. The third kappa shape index (κ3) is 4.35. The number of carbonyl (C=O) groups excluding carboxylic acids is 2. The van der Waals surface area contributed by atoms with Gasteiger partial charge in [0.2, 0.25) is 5.91 Å². The molecule has 3 atom stereocenters. The number of methoxy groups -OCH3 is 2. The van der Waals surface area contributed by atoms with Crippen molar-refractivity contribution in [3.05, 3.63) is 23.8 Å². The topological polar surface area (TPSA) is 77.1 Å². The van der Waals surface area contributed by atoms with Gasteiger partial charge in [0.25, 0.3) is 5.91 Å². The molecular formula is C20H28N2O5. The molecular weight excluding hydrogens is 348 g/mol. The number of carbonyl (C=O) groups is 2. The van der Waals surface area contributed by atoms with Crippen molar-refractivity contribution >= 4 is 11.8 Å². The summed E-state index contributed by atoms with van der Waals surface area (Å²) in [6, 6.07) is 5.33. The van der Waals surface area contributed by atoms with Crippen molar-refractivity contribution in [2.45, 2.75) is 44.9 Å². The molecule has 0 spiro atoms. The van der Waals surface area contributed by atoms with E-state index in [1.807, 2.05) is 18.7 Å². The Morgan fingerprint density at radius 3 is 2.67 bits per heavy atom. The average molecular weight is 376 g/mol. The van der Waals surface area contributed by atoms with Gasteiger partial charge in [0.15, 0.2) is 0 Å². The van der Waals surface area contributed by atoms with E-state index in [0.29, 0.717) is 36.6 Å². The van der Waals surface area contributed by atoms with Crippen LogP contribution in [0.15, 0.2) is 18.2 Å². The summed E-state index contributed by atoms with van der Waals surface area (Å²) in [6.07, 6.45) is 1.12. The minimum atomic E-state index is -0.0680. The van der Waals surface area contributed by atoms with E-state index in [-0.39, 0.29) is 36.0 Å². The third-order valence-corrected chi connectivity index (χ3v) is 5.10. The highest BCUT2D eigenvalue weighted by atomic mass is 16.5. The molecule has 2 amide bonds. The minimum absolute atomic E-state index is 0.00459. The van der Waals surface area contributed by atoms with Gasteiger partial charge in [-0.3, -0.25) is 9.59 Å². The van der Waals surface area contributed by atoms with Crippen LogP contribution in [0.2, 0.25) is 0 Å². The second kappa shape index (κ2) is 8.17. The van der Waals surface area contributed by atoms with Crippen LogP contribution < -0.4 is 14.8 Å². The van der Waals surface area contributed by atoms with E-state index >= 15 is 0 Å². The number of rotatable bonds is 6. The van der Waals surface area contributed by atoms with Crippen LogP contribution in [-0.4, -0.2) is 62.3 Å². The third-order valence-electron chi connectivity index (χ3n) is 5.10. The number of fused-ring (bicyclic) bond motifs is 1. The number of nitrogens with one attached hydrogen (secondary N) is 1. The summed E-state index contributed by atoms with van der Waals surface area (Å²) >= 11 is 0. The Morgan fingerprint density at radius 2 is 2.04 bits per heavy atom. The maximum absolute atomic E-state index is 12.9. The first-order chi connectivity index (χ1) is 12.9. The summed E-state index contributed by atoms with van der Waals surface area (Å²) < 4.78 is 16.6. The van der Waals surface area contributed by atoms with Crippen LogP contribution in [0.4, 0.5) is 0 Å². The van der Waals surface area contributed by atoms with E-state index in [4.69, 9.17) is 14.2 Å². The fraction of sp³-hybridized carbons (Fsp3) is 0.600. The monoisotopic (exact) mass is 376 g/mol. The molecule has 1 aromatic carbocycles. The van der Waals surface area contributed by atoms with Gasteiger partial charge in [-0.05, 0) is 32.4 Å². The number of amides is 2. The molecule has 0 bridgehead atoms. The highest BCUT2D eigenvalue weighted by molar-refractivity contribution is 5.97. The summed E-state index contributed by atoms with van der Waals surface area (Å²) in [5.74, 6) is 1.37. The van der Waals surface area contributed by atoms with Crippen LogP contribution in [0.5, 0.6) is 11.5 Å². The van der Waals surface area contributed by atoms with Gasteiger partial charge in [-0.2, -0.15) is 0 Å². The lowest BCUT2D eigenvalue weighted by Gasteiger charge is -2.21. The molecule has 148 valence electrons.